The number of fused-ring (bicyclic) bond motifs is 1. The van der Waals surface area contributed by atoms with Gasteiger partial charge < -0.3 is 9.88 Å². The summed E-state index contributed by atoms with van der Waals surface area (Å²) < 4.78 is 0. The standard InChI is InChI=1S/C13H13N5O/c14-6-10-3-4-12(16-10)13(19)18-5-1-2-11-9(8-18)7-15-17-11/h3-4,7,16H,1-2,5,8H2,(H,15,17). The third-order valence-electron chi connectivity index (χ3n) is 3.35. The zero-order valence-electron chi connectivity index (χ0n) is 10.3. The number of carbonyl (C=O) groups excluding carboxylic acids is 1. The smallest absolute Gasteiger partial charge is 0.270 e. The first kappa shape index (κ1) is 11.5. The number of H-pyrrole nitrogens is 2. The highest BCUT2D eigenvalue weighted by Gasteiger charge is 2.22. The summed E-state index contributed by atoms with van der Waals surface area (Å²) in [4.78, 5) is 17.0. The van der Waals surface area contributed by atoms with Crippen molar-refractivity contribution in [2.75, 3.05) is 6.54 Å². The average molecular weight is 255 g/mol. The minimum atomic E-state index is -0.0736. The van der Waals surface area contributed by atoms with Crippen molar-refractivity contribution < 1.29 is 4.79 Å². The molecule has 0 bridgehead atoms. The molecule has 1 aliphatic rings. The van der Waals surface area contributed by atoms with E-state index >= 15 is 0 Å². The lowest BCUT2D eigenvalue weighted by molar-refractivity contribution is 0.0740. The van der Waals surface area contributed by atoms with Gasteiger partial charge in [0.2, 0.25) is 0 Å². The summed E-state index contributed by atoms with van der Waals surface area (Å²) in [5.41, 5.74) is 3.04. The number of hydrogen-bond acceptors (Lipinski definition) is 3. The normalized spacial score (nSPS) is 14.6. The number of nitrogens with zero attached hydrogens (tertiary/aromatic N) is 3. The minimum absolute atomic E-state index is 0.0736. The monoisotopic (exact) mass is 255 g/mol. The third-order valence-corrected chi connectivity index (χ3v) is 3.35. The molecular formula is C13H13N5O. The molecule has 96 valence electrons. The van der Waals surface area contributed by atoms with Gasteiger partial charge in [-0.1, -0.05) is 0 Å². The molecule has 0 spiro atoms. The van der Waals surface area contributed by atoms with Gasteiger partial charge in [-0.05, 0) is 25.0 Å². The Kier molecular flexibility index (Phi) is 2.80. The van der Waals surface area contributed by atoms with Gasteiger partial charge in [0.25, 0.3) is 5.91 Å². The van der Waals surface area contributed by atoms with Crippen molar-refractivity contribution in [2.45, 2.75) is 19.4 Å². The molecule has 2 aromatic rings. The number of aromatic nitrogens is 3. The van der Waals surface area contributed by atoms with Crippen molar-refractivity contribution in [3.63, 3.8) is 0 Å². The van der Waals surface area contributed by atoms with Crippen LogP contribution in [0.3, 0.4) is 0 Å². The molecule has 0 radical (unpaired) electrons. The van der Waals surface area contributed by atoms with E-state index in [0.29, 0.717) is 24.5 Å². The van der Waals surface area contributed by atoms with Gasteiger partial charge in [-0.3, -0.25) is 9.89 Å². The Labute approximate surface area is 110 Å². The van der Waals surface area contributed by atoms with Gasteiger partial charge in [-0.2, -0.15) is 10.4 Å². The van der Waals surface area contributed by atoms with Gasteiger partial charge in [0.15, 0.2) is 0 Å². The van der Waals surface area contributed by atoms with Crippen LogP contribution in [0.5, 0.6) is 0 Å². The second kappa shape index (κ2) is 4.61. The van der Waals surface area contributed by atoms with E-state index in [1.807, 2.05) is 6.07 Å². The Morgan fingerprint density at radius 3 is 3.16 bits per heavy atom. The summed E-state index contributed by atoms with van der Waals surface area (Å²) in [5, 5.41) is 15.8. The van der Waals surface area contributed by atoms with Gasteiger partial charge in [0.05, 0.1) is 6.20 Å². The largest absolute Gasteiger partial charge is 0.342 e. The number of carbonyl (C=O) groups is 1. The minimum Gasteiger partial charge on any atom is -0.342 e. The van der Waals surface area contributed by atoms with Gasteiger partial charge >= 0.3 is 0 Å². The van der Waals surface area contributed by atoms with E-state index in [0.717, 1.165) is 24.1 Å². The lowest BCUT2D eigenvalue weighted by Gasteiger charge is -2.19. The summed E-state index contributed by atoms with van der Waals surface area (Å²) in [5.74, 6) is -0.0736. The molecule has 0 aliphatic carbocycles. The molecule has 19 heavy (non-hydrogen) atoms. The van der Waals surface area contributed by atoms with Crippen molar-refractivity contribution in [1.82, 2.24) is 20.1 Å². The molecule has 0 fully saturated rings. The van der Waals surface area contributed by atoms with E-state index in [9.17, 15) is 4.79 Å². The third kappa shape index (κ3) is 2.10. The molecule has 0 saturated heterocycles. The second-order valence-corrected chi connectivity index (χ2v) is 4.60. The lowest BCUT2D eigenvalue weighted by atomic mass is 10.2. The quantitative estimate of drug-likeness (QED) is 0.802. The first-order valence-electron chi connectivity index (χ1n) is 6.17. The number of rotatable bonds is 1. The van der Waals surface area contributed by atoms with Crippen LogP contribution in [0.4, 0.5) is 0 Å². The summed E-state index contributed by atoms with van der Waals surface area (Å²) in [6.07, 6.45) is 3.59. The van der Waals surface area contributed by atoms with Crippen LogP contribution in [-0.2, 0) is 13.0 Å². The highest BCUT2D eigenvalue weighted by atomic mass is 16.2. The van der Waals surface area contributed by atoms with Crippen LogP contribution >= 0.6 is 0 Å². The Bertz CT molecular complexity index is 648. The van der Waals surface area contributed by atoms with E-state index in [2.05, 4.69) is 15.2 Å². The molecule has 3 rings (SSSR count). The van der Waals surface area contributed by atoms with E-state index in [-0.39, 0.29) is 5.91 Å². The zero-order chi connectivity index (χ0) is 13.2. The Hall–Kier alpha value is -2.55. The molecule has 0 atom stereocenters. The Morgan fingerprint density at radius 1 is 1.47 bits per heavy atom. The van der Waals surface area contributed by atoms with Crippen LogP contribution < -0.4 is 0 Å². The summed E-state index contributed by atoms with van der Waals surface area (Å²) >= 11 is 0. The summed E-state index contributed by atoms with van der Waals surface area (Å²) in [7, 11) is 0. The molecule has 3 heterocycles. The summed E-state index contributed by atoms with van der Waals surface area (Å²) in [6, 6.07) is 5.26. The number of aryl methyl sites for hydroxylation is 1. The van der Waals surface area contributed by atoms with Crippen LogP contribution in [0, 0.1) is 11.3 Å². The van der Waals surface area contributed by atoms with E-state index in [1.165, 1.54) is 0 Å². The second-order valence-electron chi connectivity index (χ2n) is 4.60. The van der Waals surface area contributed by atoms with Gasteiger partial charge in [0.1, 0.15) is 17.5 Å². The van der Waals surface area contributed by atoms with E-state index in [4.69, 9.17) is 5.26 Å². The van der Waals surface area contributed by atoms with Gasteiger partial charge in [0, 0.05) is 24.3 Å². The van der Waals surface area contributed by atoms with Gasteiger partial charge in [-0.25, -0.2) is 0 Å². The first-order valence-corrected chi connectivity index (χ1v) is 6.17. The number of amides is 1. The number of nitriles is 1. The molecule has 0 saturated carbocycles. The fraction of sp³-hybridized carbons (Fsp3) is 0.308. The highest BCUT2D eigenvalue weighted by Crippen LogP contribution is 2.18. The van der Waals surface area contributed by atoms with E-state index < -0.39 is 0 Å². The SMILES string of the molecule is N#Cc1ccc(C(=O)N2CCCc3[nH]ncc3C2)[nH]1. The first-order chi connectivity index (χ1) is 9.28. The van der Waals surface area contributed by atoms with Crippen LogP contribution in [0.15, 0.2) is 18.3 Å². The van der Waals surface area contributed by atoms with Crippen LogP contribution in [0.25, 0.3) is 0 Å². The predicted molar refractivity (Wildman–Crippen MR) is 67.2 cm³/mol. The number of hydrogen-bond donors (Lipinski definition) is 2. The topological polar surface area (TPSA) is 88.6 Å². The van der Waals surface area contributed by atoms with Crippen molar-refractivity contribution >= 4 is 5.91 Å². The molecule has 1 amide bonds. The van der Waals surface area contributed by atoms with Crippen LogP contribution in [0.2, 0.25) is 0 Å². The molecule has 2 aromatic heterocycles. The fourth-order valence-electron chi connectivity index (χ4n) is 2.35. The van der Waals surface area contributed by atoms with Crippen molar-refractivity contribution in [3.05, 3.63) is 41.0 Å². The summed E-state index contributed by atoms with van der Waals surface area (Å²) in [6.45, 7) is 1.27. The maximum Gasteiger partial charge on any atom is 0.270 e. The van der Waals surface area contributed by atoms with Crippen LogP contribution in [0.1, 0.15) is 33.9 Å². The molecule has 2 N–H and O–H groups in total. The van der Waals surface area contributed by atoms with Crippen molar-refractivity contribution in [3.8, 4) is 6.07 Å². The number of nitrogens with one attached hydrogen (secondary N) is 2. The molecular weight excluding hydrogens is 242 g/mol. The molecule has 6 nitrogen and oxygen atoms in total. The van der Waals surface area contributed by atoms with Crippen molar-refractivity contribution in [1.29, 1.82) is 5.26 Å². The van der Waals surface area contributed by atoms with E-state index in [1.54, 1.807) is 23.2 Å². The number of aromatic amines is 2. The molecule has 0 unspecified atom stereocenters. The maximum absolute atomic E-state index is 12.4. The molecule has 6 heteroatoms. The lowest BCUT2D eigenvalue weighted by Crippen LogP contribution is -2.30. The predicted octanol–water partition coefficient (Wildman–Crippen LogP) is 1.20. The highest BCUT2D eigenvalue weighted by molar-refractivity contribution is 5.92. The average Bonchev–Trinajstić information content (AvgIpc) is 3.03. The Morgan fingerprint density at radius 2 is 2.37 bits per heavy atom. The zero-order valence-corrected chi connectivity index (χ0v) is 10.3. The van der Waals surface area contributed by atoms with Crippen molar-refractivity contribution in [2.24, 2.45) is 0 Å². The van der Waals surface area contributed by atoms with Gasteiger partial charge in [-0.15, -0.1) is 0 Å². The molecule has 1 aliphatic heterocycles. The van der Waals surface area contributed by atoms with Crippen LogP contribution in [-0.4, -0.2) is 32.5 Å². The molecule has 0 aromatic carbocycles. The fourth-order valence-corrected chi connectivity index (χ4v) is 2.35. The Balaban J connectivity index is 1.82. The maximum atomic E-state index is 12.4.